The van der Waals surface area contributed by atoms with Crippen molar-refractivity contribution in [2.45, 2.75) is 13.0 Å². The first-order valence-electron chi connectivity index (χ1n) is 7.54. The SMILES string of the molecule is CN(CCO)c1ncnc2c1CCN(C(=O)c1cccnc1)C2. The van der Waals surface area contributed by atoms with Crippen LogP contribution in [0.1, 0.15) is 21.6 Å². The molecule has 120 valence electrons. The van der Waals surface area contributed by atoms with Crippen LogP contribution in [0, 0.1) is 0 Å². The van der Waals surface area contributed by atoms with Crippen molar-refractivity contribution in [3.63, 3.8) is 0 Å². The molecule has 3 heterocycles. The lowest BCUT2D eigenvalue weighted by molar-refractivity contribution is 0.0731. The highest BCUT2D eigenvalue weighted by Crippen LogP contribution is 2.25. The van der Waals surface area contributed by atoms with Crippen molar-refractivity contribution in [3.05, 3.63) is 47.7 Å². The molecule has 0 atom stereocenters. The molecule has 0 radical (unpaired) electrons. The largest absolute Gasteiger partial charge is 0.395 e. The fourth-order valence-corrected chi connectivity index (χ4v) is 2.77. The highest BCUT2D eigenvalue weighted by molar-refractivity contribution is 5.94. The molecule has 0 bridgehead atoms. The Labute approximate surface area is 134 Å². The summed E-state index contributed by atoms with van der Waals surface area (Å²) in [5.74, 6) is 0.796. The maximum Gasteiger partial charge on any atom is 0.255 e. The molecular formula is C16H19N5O2. The van der Waals surface area contributed by atoms with Crippen LogP contribution in [0.25, 0.3) is 0 Å². The number of carbonyl (C=O) groups excluding carboxylic acids is 1. The Kier molecular flexibility index (Phi) is 4.47. The third-order valence-electron chi connectivity index (χ3n) is 3.98. The first-order valence-corrected chi connectivity index (χ1v) is 7.54. The summed E-state index contributed by atoms with van der Waals surface area (Å²) < 4.78 is 0. The lowest BCUT2D eigenvalue weighted by Gasteiger charge is -2.30. The molecule has 23 heavy (non-hydrogen) atoms. The fourth-order valence-electron chi connectivity index (χ4n) is 2.77. The fraction of sp³-hybridized carbons (Fsp3) is 0.375. The molecule has 0 aromatic carbocycles. The molecule has 7 heteroatoms. The van der Waals surface area contributed by atoms with Gasteiger partial charge in [0.2, 0.25) is 0 Å². The topological polar surface area (TPSA) is 82.5 Å². The van der Waals surface area contributed by atoms with E-state index in [2.05, 4.69) is 15.0 Å². The Morgan fingerprint density at radius 1 is 1.43 bits per heavy atom. The highest BCUT2D eigenvalue weighted by Gasteiger charge is 2.25. The Balaban J connectivity index is 1.82. The van der Waals surface area contributed by atoms with Gasteiger partial charge in [-0.05, 0) is 18.6 Å². The maximum absolute atomic E-state index is 12.5. The van der Waals surface area contributed by atoms with Gasteiger partial charge < -0.3 is 14.9 Å². The van der Waals surface area contributed by atoms with E-state index in [-0.39, 0.29) is 12.5 Å². The van der Waals surface area contributed by atoms with Crippen molar-refractivity contribution in [1.82, 2.24) is 19.9 Å². The lowest BCUT2D eigenvalue weighted by atomic mass is 10.0. The van der Waals surface area contributed by atoms with Crippen LogP contribution in [0.5, 0.6) is 0 Å². The van der Waals surface area contributed by atoms with E-state index in [9.17, 15) is 4.79 Å². The van der Waals surface area contributed by atoms with Crippen LogP contribution in [0.15, 0.2) is 30.9 Å². The van der Waals surface area contributed by atoms with Crippen LogP contribution in [-0.2, 0) is 13.0 Å². The monoisotopic (exact) mass is 313 g/mol. The number of rotatable bonds is 4. The number of likely N-dealkylation sites (N-methyl/N-ethyl adjacent to an activating group) is 1. The number of aliphatic hydroxyl groups excluding tert-OH is 1. The van der Waals surface area contributed by atoms with E-state index in [1.807, 2.05) is 11.9 Å². The number of pyridine rings is 1. The highest BCUT2D eigenvalue weighted by atomic mass is 16.3. The second-order valence-corrected chi connectivity index (χ2v) is 5.49. The molecule has 0 spiro atoms. The van der Waals surface area contributed by atoms with Gasteiger partial charge in [0.15, 0.2) is 0 Å². The van der Waals surface area contributed by atoms with Crippen LogP contribution in [-0.4, -0.2) is 57.6 Å². The molecule has 0 saturated carbocycles. The van der Waals surface area contributed by atoms with Crippen LogP contribution >= 0.6 is 0 Å². The minimum Gasteiger partial charge on any atom is -0.395 e. The van der Waals surface area contributed by atoms with Gasteiger partial charge in [0.25, 0.3) is 5.91 Å². The Morgan fingerprint density at radius 3 is 3.04 bits per heavy atom. The van der Waals surface area contributed by atoms with E-state index in [1.54, 1.807) is 29.4 Å². The average Bonchev–Trinajstić information content (AvgIpc) is 2.61. The van der Waals surface area contributed by atoms with Crippen LogP contribution in [0.2, 0.25) is 0 Å². The standard InChI is InChI=1S/C16H19N5O2/c1-20(7-8-22)15-13-4-6-21(10-14(13)18-11-19-15)16(23)12-3-2-5-17-9-12/h2-3,5,9,11,22H,4,6-8,10H2,1H3. The second-order valence-electron chi connectivity index (χ2n) is 5.49. The number of aliphatic hydroxyl groups is 1. The zero-order valence-corrected chi connectivity index (χ0v) is 13.0. The van der Waals surface area contributed by atoms with Gasteiger partial charge in [0, 0.05) is 38.1 Å². The van der Waals surface area contributed by atoms with E-state index >= 15 is 0 Å². The first-order chi connectivity index (χ1) is 11.2. The van der Waals surface area contributed by atoms with Crippen LogP contribution in [0.4, 0.5) is 5.82 Å². The number of hydrogen-bond acceptors (Lipinski definition) is 6. The zero-order valence-electron chi connectivity index (χ0n) is 13.0. The van der Waals surface area contributed by atoms with E-state index in [0.29, 0.717) is 31.6 Å². The van der Waals surface area contributed by atoms with E-state index < -0.39 is 0 Å². The molecule has 0 unspecified atom stereocenters. The molecule has 1 aliphatic heterocycles. The third kappa shape index (κ3) is 3.14. The van der Waals surface area contributed by atoms with Crippen molar-refractivity contribution < 1.29 is 9.90 Å². The summed E-state index contributed by atoms with van der Waals surface area (Å²) in [6, 6.07) is 3.53. The molecule has 1 amide bonds. The number of nitrogens with zero attached hydrogens (tertiary/aromatic N) is 5. The van der Waals surface area contributed by atoms with Gasteiger partial charge in [0.1, 0.15) is 12.1 Å². The predicted octanol–water partition coefficient (Wildman–Crippen LogP) is 0.499. The summed E-state index contributed by atoms with van der Waals surface area (Å²) >= 11 is 0. The number of carbonyl (C=O) groups is 1. The van der Waals surface area contributed by atoms with Gasteiger partial charge in [-0.1, -0.05) is 0 Å². The second kappa shape index (κ2) is 6.70. The van der Waals surface area contributed by atoms with Gasteiger partial charge in [-0.3, -0.25) is 9.78 Å². The lowest BCUT2D eigenvalue weighted by Crippen LogP contribution is -2.37. The first kappa shape index (κ1) is 15.4. The molecular weight excluding hydrogens is 294 g/mol. The smallest absolute Gasteiger partial charge is 0.255 e. The van der Waals surface area contributed by atoms with Gasteiger partial charge in [-0.15, -0.1) is 0 Å². The molecule has 1 N–H and O–H groups in total. The number of anilines is 1. The molecule has 0 fully saturated rings. The number of hydrogen-bond donors (Lipinski definition) is 1. The number of amides is 1. The summed E-state index contributed by atoms with van der Waals surface area (Å²) in [6.45, 7) is 1.67. The van der Waals surface area contributed by atoms with Crippen LogP contribution in [0.3, 0.4) is 0 Å². The number of fused-ring (bicyclic) bond motifs is 1. The predicted molar refractivity (Wildman–Crippen MR) is 85.1 cm³/mol. The van der Waals surface area contributed by atoms with Gasteiger partial charge in [0.05, 0.1) is 24.4 Å². The molecule has 0 aliphatic carbocycles. The summed E-state index contributed by atoms with van der Waals surface area (Å²) in [4.78, 5) is 28.9. The maximum atomic E-state index is 12.5. The summed E-state index contributed by atoms with van der Waals surface area (Å²) in [5.41, 5.74) is 2.50. The summed E-state index contributed by atoms with van der Waals surface area (Å²) in [7, 11) is 1.89. The van der Waals surface area contributed by atoms with Crippen molar-refractivity contribution in [2.75, 3.05) is 31.6 Å². The van der Waals surface area contributed by atoms with Crippen molar-refractivity contribution in [1.29, 1.82) is 0 Å². The molecule has 7 nitrogen and oxygen atoms in total. The van der Waals surface area contributed by atoms with Gasteiger partial charge in [-0.2, -0.15) is 0 Å². The minimum absolute atomic E-state index is 0.0346. The van der Waals surface area contributed by atoms with E-state index in [1.165, 1.54) is 6.33 Å². The molecule has 3 rings (SSSR count). The summed E-state index contributed by atoms with van der Waals surface area (Å²) in [5, 5.41) is 9.10. The zero-order chi connectivity index (χ0) is 16.2. The molecule has 2 aromatic rings. The molecule has 0 saturated heterocycles. The van der Waals surface area contributed by atoms with Crippen molar-refractivity contribution in [3.8, 4) is 0 Å². The van der Waals surface area contributed by atoms with Crippen molar-refractivity contribution in [2.24, 2.45) is 0 Å². The Bertz CT molecular complexity index is 692. The van der Waals surface area contributed by atoms with Gasteiger partial charge >= 0.3 is 0 Å². The van der Waals surface area contributed by atoms with E-state index in [0.717, 1.165) is 17.1 Å². The normalized spacial score (nSPS) is 13.6. The van der Waals surface area contributed by atoms with Crippen molar-refractivity contribution >= 4 is 11.7 Å². The third-order valence-corrected chi connectivity index (χ3v) is 3.98. The molecule has 2 aromatic heterocycles. The summed E-state index contributed by atoms with van der Waals surface area (Å²) in [6.07, 6.45) is 5.45. The van der Waals surface area contributed by atoms with Crippen LogP contribution < -0.4 is 4.90 Å². The minimum atomic E-state index is -0.0346. The van der Waals surface area contributed by atoms with Gasteiger partial charge in [-0.25, -0.2) is 9.97 Å². The quantitative estimate of drug-likeness (QED) is 0.885. The Morgan fingerprint density at radius 2 is 2.30 bits per heavy atom. The average molecular weight is 313 g/mol. The molecule has 1 aliphatic rings. The van der Waals surface area contributed by atoms with E-state index in [4.69, 9.17) is 5.11 Å². The Hall–Kier alpha value is -2.54. The number of aromatic nitrogens is 3.